The van der Waals surface area contributed by atoms with Gasteiger partial charge in [0.1, 0.15) is 17.2 Å². The summed E-state index contributed by atoms with van der Waals surface area (Å²) < 4.78 is 22.3. The van der Waals surface area contributed by atoms with Gasteiger partial charge in [-0.2, -0.15) is 0 Å². The monoisotopic (exact) mass is 514 g/mol. The average Bonchev–Trinajstić information content (AvgIpc) is 3.07. The van der Waals surface area contributed by atoms with Gasteiger partial charge in [0, 0.05) is 19.4 Å². The van der Waals surface area contributed by atoms with Crippen LogP contribution in [-0.2, 0) is 28.5 Å². The molecule has 1 fully saturated rings. The predicted octanol–water partition coefficient (Wildman–Crippen LogP) is 3.16. The van der Waals surface area contributed by atoms with Crippen molar-refractivity contribution in [1.29, 1.82) is 0 Å². The first-order valence-electron chi connectivity index (χ1n) is 12.6. The van der Waals surface area contributed by atoms with E-state index in [1.807, 2.05) is 26.0 Å². The Morgan fingerprint density at radius 3 is 2.14 bits per heavy atom. The van der Waals surface area contributed by atoms with Crippen molar-refractivity contribution in [1.82, 2.24) is 10.2 Å². The van der Waals surface area contributed by atoms with Crippen molar-refractivity contribution in [2.24, 2.45) is 5.92 Å². The highest BCUT2D eigenvalue weighted by molar-refractivity contribution is 5.83. The third-order valence-electron chi connectivity index (χ3n) is 5.37. The molecule has 1 saturated heterocycles. The van der Waals surface area contributed by atoms with Gasteiger partial charge in [-0.05, 0) is 68.7 Å². The predicted molar refractivity (Wildman–Crippen MR) is 135 cm³/mol. The highest BCUT2D eigenvalue weighted by Crippen LogP contribution is 2.37. The van der Waals surface area contributed by atoms with Gasteiger partial charge in [-0.3, -0.25) is 9.69 Å². The van der Waals surface area contributed by atoms with Crippen molar-refractivity contribution >= 4 is 18.0 Å². The third kappa shape index (κ3) is 10.1. The van der Waals surface area contributed by atoms with Crippen molar-refractivity contribution in [3.63, 3.8) is 0 Å². The minimum absolute atomic E-state index is 0.162. The molecular weight excluding hydrogens is 468 g/mol. The van der Waals surface area contributed by atoms with Crippen molar-refractivity contribution < 1.29 is 38.4 Å². The Balaban J connectivity index is 3.51. The summed E-state index contributed by atoms with van der Waals surface area (Å²) in [7, 11) is 0. The second-order valence-corrected chi connectivity index (χ2v) is 11.0. The van der Waals surface area contributed by atoms with Crippen molar-refractivity contribution in [2.45, 2.75) is 117 Å². The molecule has 1 rings (SSSR count). The summed E-state index contributed by atoms with van der Waals surface area (Å²) in [6.45, 7) is 17.4. The number of amides is 2. The maximum Gasteiger partial charge on any atom is 0.411 e. The summed E-state index contributed by atoms with van der Waals surface area (Å²) in [4.78, 5) is 40.2. The highest BCUT2D eigenvalue weighted by atomic mass is 16.7. The molecule has 10 nitrogen and oxygen atoms in total. The second-order valence-electron chi connectivity index (χ2n) is 11.0. The van der Waals surface area contributed by atoms with E-state index in [0.717, 1.165) is 0 Å². The van der Waals surface area contributed by atoms with Crippen LogP contribution in [0.2, 0.25) is 0 Å². The molecule has 208 valence electrons. The van der Waals surface area contributed by atoms with Crippen LogP contribution < -0.4 is 5.32 Å². The maximum atomic E-state index is 13.5. The van der Waals surface area contributed by atoms with E-state index in [1.54, 1.807) is 48.5 Å². The number of nitrogens with one attached hydrogen (secondary N) is 1. The number of aliphatic hydroxyl groups is 1. The molecule has 2 amide bonds. The fourth-order valence-electron chi connectivity index (χ4n) is 4.21. The number of aliphatic hydroxyl groups excluding tert-OH is 1. The highest BCUT2D eigenvalue weighted by Gasteiger charge is 2.53. The Morgan fingerprint density at radius 1 is 1.08 bits per heavy atom. The van der Waals surface area contributed by atoms with Crippen LogP contribution in [0, 0.1) is 5.92 Å². The van der Waals surface area contributed by atoms with E-state index in [2.05, 4.69) is 5.32 Å². The molecule has 1 aliphatic heterocycles. The molecule has 1 aliphatic rings. The van der Waals surface area contributed by atoms with E-state index in [1.165, 1.54) is 11.8 Å². The molecular formula is C26H46N2O8. The summed E-state index contributed by atoms with van der Waals surface area (Å²) in [6, 6.07) is -2.74. The molecule has 0 spiro atoms. The lowest BCUT2D eigenvalue weighted by Gasteiger charge is -2.39. The van der Waals surface area contributed by atoms with Crippen LogP contribution >= 0.6 is 0 Å². The number of carbonyl (C=O) groups is 3. The first-order chi connectivity index (χ1) is 16.5. The number of rotatable bonds is 10. The van der Waals surface area contributed by atoms with Crippen LogP contribution in [-0.4, -0.2) is 82.9 Å². The largest absolute Gasteiger partial charge is 0.458 e. The molecule has 2 unspecified atom stereocenters. The van der Waals surface area contributed by atoms with E-state index < -0.39 is 59.7 Å². The first kappa shape index (κ1) is 31.9. The summed E-state index contributed by atoms with van der Waals surface area (Å²) in [6.07, 6.45) is 1.39. The first-order valence-corrected chi connectivity index (χ1v) is 12.6. The standard InChI is InChI=1S/C26H46N2O8/c1-11-13-18-14-19(23(31)35-25(5,6)7)28(24(32)36-26(8,9)10)22(18)21(27-16(3)29)20(30)15-34-17(4)33-12-2/h11,13,17-22,30H,12,14-15H2,1-10H3,(H,27,29)/b13-11-/t17?,18-,19-,20+,21?,22-/m1/s1. The molecule has 2 N–H and O–H groups in total. The molecule has 0 aromatic heterocycles. The molecule has 1 heterocycles. The Kier molecular flexibility index (Phi) is 11.9. The zero-order chi connectivity index (χ0) is 27.8. The lowest BCUT2D eigenvalue weighted by atomic mass is 9.90. The minimum Gasteiger partial charge on any atom is -0.458 e. The SMILES string of the molecule is C/C=C\[C@@H]1C[C@H](C(=O)OC(C)(C)C)N(C(=O)OC(C)(C)C)[C@H]1C(NC(C)=O)[C@@H](O)COC(C)OCC. The Morgan fingerprint density at radius 2 is 1.67 bits per heavy atom. The smallest absolute Gasteiger partial charge is 0.411 e. The number of hydrogen-bond donors (Lipinski definition) is 2. The van der Waals surface area contributed by atoms with E-state index >= 15 is 0 Å². The molecule has 0 bridgehead atoms. The molecule has 0 radical (unpaired) electrons. The maximum absolute atomic E-state index is 13.5. The number of carbonyl (C=O) groups excluding carboxylic acids is 3. The van der Waals surface area contributed by atoms with Crippen molar-refractivity contribution in [3.05, 3.63) is 12.2 Å². The van der Waals surface area contributed by atoms with Gasteiger partial charge in [-0.1, -0.05) is 12.2 Å². The average molecular weight is 515 g/mol. The topological polar surface area (TPSA) is 124 Å². The van der Waals surface area contributed by atoms with Crippen LogP contribution in [0.15, 0.2) is 12.2 Å². The van der Waals surface area contributed by atoms with Crippen molar-refractivity contribution in [3.8, 4) is 0 Å². The number of allylic oxidation sites excluding steroid dienone is 1. The van der Waals surface area contributed by atoms with Crippen LogP contribution in [0.5, 0.6) is 0 Å². The summed E-state index contributed by atoms with van der Waals surface area (Å²) in [5, 5.41) is 13.9. The Labute approximate surface area is 215 Å². The van der Waals surface area contributed by atoms with Gasteiger partial charge in [0.15, 0.2) is 6.29 Å². The van der Waals surface area contributed by atoms with Gasteiger partial charge in [0.2, 0.25) is 5.91 Å². The number of likely N-dealkylation sites (tertiary alicyclic amines) is 1. The molecule has 0 saturated carbocycles. The fraction of sp³-hybridized carbons (Fsp3) is 0.808. The second kappa shape index (κ2) is 13.4. The van der Waals surface area contributed by atoms with Gasteiger partial charge in [-0.15, -0.1) is 0 Å². The van der Waals surface area contributed by atoms with E-state index in [0.29, 0.717) is 6.61 Å². The number of ether oxygens (including phenoxy) is 4. The van der Waals surface area contributed by atoms with Crippen LogP contribution in [0.25, 0.3) is 0 Å². The minimum atomic E-state index is -1.21. The van der Waals surface area contributed by atoms with Gasteiger partial charge in [-0.25, -0.2) is 9.59 Å². The Bertz CT molecular complexity index is 771. The Hall–Kier alpha value is -2.17. The van der Waals surface area contributed by atoms with Crippen molar-refractivity contribution in [2.75, 3.05) is 13.2 Å². The number of esters is 1. The molecule has 0 aromatic carbocycles. The summed E-state index contributed by atoms with van der Waals surface area (Å²) in [5.41, 5.74) is -1.61. The van der Waals surface area contributed by atoms with E-state index in [4.69, 9.17) is 18.9 Å². The fourth-order valence-corrected chi connectivity index (χ4v) is 4.21. The molecule has 10 heteroatoms. The van der Waals surface area contributed by atoms with Crippen LogP contribution in [0.1, 0.15) is 75.7 Å². The van der Waals surface area contributed by atoms with Crippen LogP contribution in [0.4, 0.5) is 4.79 Å². The number of hydrogen-bond acceptors (Lipinski definition) is 8. The summed E-state index contributed by atoms with van der Waals surface area (Å²) in [5.74, 6) is -1.36. The molecule has 36 heavy (non-hydrogen) atoms. The number of nitrogens with zero attached hydrogens (tertiary/aromatic N) is 1. The zero-order valence-corrected chi connectivity index (χ0v) is 23.5. The van der Waals surface area contributed by atoms with Gasteiger partial charge in [0.05, 0.1) is 24.8 Å². The quantitative estimate of drug-likeness (QED) is 0.259. The van der Waals surface area contributed by atoms with Gasteiger partial charge >= 0.3 is 12.1 Å². The van der Waals surface area contributed by atoms with Gasteiger partial charge < -0.3 is 29.4 Å². The lowest BCUT2D eigenvalue weighted by Crippen LogP contribution is -2.61. The molecule has 6 atom stereocenters. The lowest BCUT2D eigenvalue weighted by molar-refractivity contribution is -0.161. The zero-order valence-electron chi connectivity index (χ0n) is 23.5. The van der Waals surface area contributed by atoms with Crippen LogP contribution in [0.3, 0.4) is 0 Å². The van der Waals surface area contributed by atoms with E-state index in [-0.39, 0.29) is 18.9 Å². The normalized spacial score (nSPS) is 23.3. The molecule has 0 aliphatic carbocycles. The molecule has 0 aromatic rings. The summed E-state index contributed by atoms with van der Waals surface area (Å²) >= 11 is 0. The van der Waals surface area contributed by atoms with E-state index in [9.17, 15) is 19.5 Å². The van der Waals surface area contributed by atoms with Gasteiger partial charge in [0.25, 0.3) is 0 Å². The third-order valence-corrected chi connectivity index (χ3v) is 5.37.